The Morgan fingerprint density at radius 1 is 1.00 bits per heavy atom. The highest BCUT2D eigenvalue weighted by Crippen LogP contribution is 2.18. The molecule has 0 aliphatic heterocycles. The normalized spacial score (nSPS) is 10.6. The minimum Gasteiger partial charge on any atom is -0.333 e. The topological polar surface area (TPSA) is 64.2 Å². The van der Waals surface area contributed by atoms with E-state index < -0.39 is 0 Å². The summed E-state index contributed by atoms with van der Waals surface area (Å²) in [6, 6.07) is 17.4. The van der Waals surface area contributed by atoms with Crippen LogP contribution in [0.4, 0.5) is 5.69 Å². The number of hydrogen-bond donors (Lipinski definition) is 1. The number of aromatic nitrogens is 4. The number of imidazole rings is 2. The molecule has 0 saturated carbocycles. The first-order valence-corrected chi connectivity index (χ1v) is 11.0. The Bertz CT molecular complexity index is 1550. The van der Waals surface area contributed by atoms with Crippen LogP contribution in [0, 0.1) is 25.7 Å². The van der Waals surface area contributed by atoms with E-state index in [-0.39, 0.29) is 5.91 Å². The molecule has 0 radical (unpaired) electrons. The van der Waals surface area contributed by atoms with Crippen LogP contribution in [-0.4, -0.2) is 24.8 Å². The van der Waals surface area contributed by atoms with Gasteiger partial charge in [0.25, 0.3) is 5.91 Å². The number of anilines is 1. The highest BCUT2D eigenvalue weighted by molar-refractivity contribution is 6.04. The van der Waals surface area contributed by atoms with Gasteiger partial charge in [0.2, 0.25) is 0 Å². The van der Waals surface area contributed by atoms with Crippen molar-refractivity contribution in [2.24, 2.45) is 0 Å². The first kappa shape index (κ1) is 21.2. The maximum atomic E-state index is 13.0. The number of carbonyl (C=O) groups is 1. The molecule has 0 spiro atoms. The van der Waals surface area contributed by atoms with Crippen molar-refractivity contribution in [3.05, 3.63) is 119 Å². The first-order chi connectivity index (χ1) is 16.6. The number of rotatable bonds is 4. The summed E-state index contributed by atoms with van der Waals surface area (Å²) in [4.78, 5) is 21.4. The second kappa shape index (κ2) is 9.08. The standard InChI is InChI=1S/C28H23N5O/c1-20-6-7-23(16-22(20)9-11-26-17-30-27-5-3-4-13-33(26)27)28(34)31-25-10-8-24(21(2)15-25)18-32-14-12-29-19-32/h3-8,10,12-17,19H,18H2,1-2H3,(H,31,34). The number of hydrogen-bond acceptors (Lipinski definition) is 3. The summed E-state index contributed by atoms with van der Waals surface area (Å²) >= 11 is 0. The lowest BCUT2D eigenvalue weighted by molar-refractivity contribution is 0.102. The van der Waals surface area contributed by atoms with E-state index in [1.165, 1.54) is 5.56 Å². The zero-order chi connectivity index (χ0) is 23.5. The summed E-state index contributed by atoms with van der Waals surface area (Å²) in [5.74, 6) is 6.22. The minimum atomic E-state index is -0.167. The molecule has 3 heterocycles. The van der Waals surface area contributed by atoms with E-state index in [4.69, 9.17) is 0 Å². The molecule has 0 atom stereocenters. The van der Waals surface area contributed by atoms with Gasteiger partial charge in [0.1, 0.15) is 11.3 Å². The van der Waals surface area contributed by atoms with Gasteiger partial charge in [-0.2, -0.15) is 0 Å². The SMILES string of the molecule is Cc1ccc(C(=O)Nc2ccc(Cn3ccnc3)c(C)c2)cc1C#Cc1cnc2ccccn12. The summed E-state index contributed by atoms with van der Waals surface area (Å²) in [6.45, 7) is 4.77. The number of benzene rings is 2. The second-order valence-electron chi connectivity index (χ2n) is 8.18. The highest BCUT2D eigenvalue weighted by Gasteiger charge is 2.10. The number of amides is 1. The lowest BCUT2D eigenvalue weighted by Gasteiger charge is -2.11. The van der Waals surface area contributed by atoms with Crippen LogP contribution < -0.4 is 5.32 Å². The van der Waals surface area contributed by atoms with Crippen LogP contribution >= 0.6 is 0 Å². The van der Waals surface area contributed by atoms with Gasteiger partial charge in [-0.1, -0.05) is 24.1 Å². The molecule has 0 saturated heterocycles. The van der Waals surface area contributed by atoms with Gasteiger partial charge in [0, 0.05) is 41.9 Å². The number of nitrogens with one attached hydrogen (secondary N) is 1. The number of aryl methyl sites for hydroxylation is 2. The molecule has 3 aromatic heterocycles. The van der Waals surface area contributed by atoms with E-state index in [9.17, 15) is 4.79 Å². The van der Waals surface area contributed by atoms with Crippen molar-refractivity contribution in [2.45, 2.75) is 20.4 Å². The molecule has 0 aliphatic rings. The van der Waals surface area contributed by atoms with Gasteiger partial charge in [0.15, 0.2) is 0 Å². The molecule has 5 aromatic rings. The van der Waals surface area contributed by atoms with E-state index in [1.807, 2.05) is 89.8 Å². The zero-order valence-electron chi connectivity index (χ0n) is 19.0. The van der Waals surface area contributed by atoms with Crippen molar-refractivity contribution in [3.63, 3.8) is 0 Å². The number of carbonyl (C=O) groups excluding carboxylic acids is 1. The number of pyridine rings is 1. The molecule has 6 heteroatoms. The first-order valence-electron chi connectivity index (χ1n) is 11.0. The number of fused-ring (bicyclic) bond motifs is 1. The molecular weight excluding hydrogens is 422 g/mol. The average Bonchev–Trinajstić information content (AvgIpc) is 3.50. The maximum Gasteiger partial charge on any atom is 0.255 e. The van der Waals surface area contributed by atoms with Crippen LogP contribution in [0.3, 0.4) is 0 Å². The van der Waals surface area contributed by atoms with E-state index in [2.05, 4.69) is 27.1 Å². The monoisotopic (exact) mass is 445 g/mol. The van der Waals surface area contributed by atoms with Gasteiger partial charge >= 0.3 is 0 Å². The Kier molecular flexibility index (Phi) is 5.67. The van der Waals surface area contributed by atoms with Crippen molar-refractivity contribution in [1.29, 1.82) is 0 Å². The smallest absolute Gasteiger partial charge is 0.255 e. The Morgan fingerprint density at radius 3 is 2.74 bits per heavy atom. The molecular formula is C28H23N5O. The van der Waals surface area contributed by atoms with Crippen LogP contribution in [0.25, 0.3) is 5.65 Å². The van der Waals surface area contributed by atoms with Gasteiger partial charge in [-0.05, 0) is 72.9 Å². The van der Waals surface area contributed by atoms with Gasteiger partial charge in [0.05, 0.1) is 12.5 Å². The van der Waals surface area contributed by atoms with Gasteiger partial charge < -0.3 is 9.88 Å². The van der Waals surface area contributed by atoms with E-state index in [0.29, 0.717) is 5.56 Å². The van der Waals surface area contributed by atoms with Crippen LogP contribution in [0.5, 0.6) is 0 Å². The van der Waals surface area contributed by atoms with Crippen molar-refractivity contribution < 1.29 is 4.79 Å². The largest absolute Gasteiger partial charge is 0.333 e. The van der Waals surface area contributed by atoms with Crippen LogP contribution in [0.1, 0.15) is 38.3 Å². The third kappa shape index (κ3) is 4.45. The molecule has 6 nitrogen and oxygen atoms in total. The van der Waals surface area contributed by atoms with Gasteiger partial charge in [-0.25, -0.2) is 9.97 Å². The third-order valence-electron chi connectivity index (χ3n) is 5.75. The molecule has 0 unspecified atom stereocenters. The van der Waals surface area contributed by atoms with Gasteiger partial charge in [-0.15, -0.1) is 0 Å². The predicted molar refractivity (Wildman–Crippen MR) is 133 cm³/mol. The Balaban J connectivity index is 1.34. The molecule has 0 bridgehead atoms. The van der Waals surface area contributed by atoms with Crippen LogP contribution in [0.15, 0.2) is 85.7 Å². The fourth-order valence-electron chi connectivity index (χ4n) is 3.79. The van der Waals surface area contributed by atoms with Crippen molar-refractivity contribution >= 4 is 17.2 Å². The van der Waals surface area contributed by atoms with Crippen LogP contribution in [-0.2, 0) is 6.54 Å². The average molecular weight is 446 g/mol. The summed E-state index contributed by atoms with van der Waals surface area (Å²) in [6.07, 6.45) is 9.19. The maximum absolute atomic E-state index is 13.0. The van der Waals surface area contributed by atoms with Crippen molar-refractivity contribution in [1.82, 2.24) is 18.9 Å². The Hall–Kier alpha value is -4.63. The Morgan fingerprint density at radius 2 is 1.91 bits per heavy atom. The lowest BCUT2D eigenvalue weighted by Crippen LogP contribution is -2.12. The van der Waals surface area contributed by atoms with Crippen molar-refractivity contribution in [3.8, 4) is 11.8 Å². The van der Waals surface area contributed by atoms with Crippen LogP contribution in [0.2, 0.25) is 0 Å². The number of nitrogens with zero attached hydrogens (tertiary/aromatic N) is 4. The fourth-order valence-corrected chi connectivity index (χ4v) is 3.79. The molecule has 1 amide bonds. The molecule has 5 rings (SSSR count). The summed E-state index contributed by atoms with van der Waals surface area (Å²) in [5.41, 5.74) is 7.08. The van der Waals surface area contributed by atoms with Gasteiger partial charge in [-0.3, -0.25) is 9.20 Å². The van der Waals surface area contributed by atoms with E-state index in [0.717, 1.165) is 40.3 Å². The fraction of sp³-hybridized carbons (Fsp3) is 0.107. The zero-order valence-corrected chi connectivity index (χ0v) is 19.0. The Labute approximate surface area is 197 Å². The highest BCUT2D eigenvalue weighted by atomic mass is 16.1. The van der Waals surface area contributed by atoms with Crippen molar-refractivity contribution in [2.75, 3.05) is 5.32 Å². The molecule has 2 aromatic carbocycles. The second-order valence-corrected chi connectivity index (χ2v) is 8.18. The molecule has 166 valence electrons. The van der Waals surface area contributed by atoms with E-state index >= 15 is 0 Å². The summed E-state index contributed by atoms with van der Waals surface area (Å²) < 4.78 is 3.96. The molecule has 0 fully saturated rings. The summed E-state index contributed by atoms with van der Waals surface area (Å²) in [5, 5.41) is 3.01. The van der Waals surface area contributed by atoms with E-state index in [1.54, 1.807) is 18.7 Å². The summed E-state index contributed by atoms with van der Waals surface area (Å²) in [7, 11) is 0. The minimum absolute atomic E-state index is 0.167. The molecule has 0 aliphatic carbocycles. The predicted octanol–water partition coefficient (Wildman–Crippen LogP) is 4.85. The molecule has 1 N–H and O–H groups in total. The third-order valence-corrected chi connectivity index (χ3v) is 5.75. The lowest BCUT2D eigenvalue weighted by atomic mass is 10.0. The molecule has 34 heavy (non-hydrogen) atoms. The quantitative estimate of drug-likeness (QED) is 0.402.